The predicted molar refractivity (Wildman–Crippen MR) is 77.2 cm³/mol. The molecule has 0 fully saturated rings. The van der Waals surface area contributed by atoms with Gasteiger partial charge in [-0.15, -0.1) is 0 Å². The number of rotatable bonds is 4. The van der Waals surface area contributed by atoms with Gasteiger partial charge in [-0.3, -0.25) is 9.78 Å². The maximum Gasteiger partial charge on any atom is 0.224 e. The number of nitrogens with zero attached hydrogens (tertiary/aromatic N) is 1. The predicted octanol–water partition coefficient (Wildman–Crippen LogP) is 1.71. The Morgan fingerprint density at radius 2 is 1.81 bits per heavy atom. The van der Waals surface area contributed by atoms with Gasteiger partial charge in [-0.1, -0.05) is 6.07 Å². The molecule has 0 bridgehead atoms. The van der Waals surface area contributed by atoms with E-state index in [0.717, 1.165) is 16.9 Å². The quantitative estimate of drug-likeness (QED) is 0.928. The van der Waals surface area contributed by atoms with Crippen LogP contribution in [0, 0.1) is 0 Å². The molecular formula is C16H16N2O3. The largest absolute Gasteiger partial charge is 0.486 e. The SMILES string of the molecule is O=C(Cc1ccc2c(c1)OCCO2)NCc1ccncc1. The summed E-state index contributed by atoms with van der Waals surface area (Å²) in [6, 6.07) is 9.36. The second-order valence-electron chi connectivity index (χ2n) is 4.79. The molecule has 0 spiro atoms. The van der Waals surface area contributed by atoms with Crippen molar-refractivity contribution in [3.05, 3.63) is 53.9 Å². The van der Waals surface area contributed by atoms with E-state index in [9.17, 15) is 4.79 Å². The summed E-state index contributed by atoms with van der Waals surface area (Å²) in [6.45, 7) is 1.62. The van der Waals surface area contributed by atoms with Crippen LogP contribution in [0.15, 0.2) is 42.7 Å². The van der Waals surface area contributed by atoms with E-state index in [1.54, 1.807) is 12.4 Å². The number of hydrogen-bond acceptors (Lipinski definition) is 4. The van der Waals surface area contributed by atoms with Crippen molar-refractivity contribution in [1.82, 2.24) is 10.3 Å². The molecule has 1 aliphatic rings. The number of amides is 1. The highest BCUT2D eigenvalue weighted by atomic mass is 16.6. The molecule has 0 aliphatic carbocycles. The van der Waals surface area contributed by atoms with Crippen molar-refractivity contribution in [2.24, 2.45) is 0 Å². The zero-order valence-electron chi connectivity index (χ0n) is 11.5. The highest BCUT2D eigenvalue weighted by Crippen LogP contribution is 2.30. The van der Waals surface area contributed by atoms with Crippen molar-refractivity contribution in [2.75, 3.05) is 13.2 Å². The summed E-state index contributed by atoms with van der Waals surface area (Å²) in [5.41, 5.74) is 1.94. The molecule has 0 saturated carbocycles. The molecule has 0 unspecified atom stereocenters. The van der Waals surface area contributed by atoms with Gasteiger partial charge in [0.25, 0.3) is 0 Å². The normalized spacial score (nSPS) is 12.8. The summed E-state index contributed by atoms with van der Waals surface area (Å²) in [4.78, 5) is 15.9. The molecule has 0 radical (unpaired) electrons. The number of pyridine rings is 1. The number of fused-ring (bicyclic) bond motifs is 1. The maximum atomic E-state index is 12.0. The summed E-state index contributed by atoms with van der Waals surface area (Å²) in [6.07, 6.45) is 3.74. The zero-order valence-corrected chi connectivity index (χ0v) is 11.5. The van der Waals surface area contributed by atoms with Crippen molar-refractivity contribution >= 4 is 5.91 Å². The Bertz CT molecular complexity index is 629. The fraction of sp³-hybridized carbons (Fsp3) is 0.250. The highest BCUT2D eigenvalue weighted by molar-refractivity contribution is 5.78. The van der Waals surface area contributed by atoms with E-state index in [0.29, 0.717) is 31.9 Å². The minimum atomic E-state index is -0.0245. The third-order valence-corrected chi connectivity index (χ3v) is 3.21. The summed E-state index contributed by atoms with van der Waals surface area (Å²) < 4.78 is 11.0. The summed E-state index contributed by atoms with van der Waals surface area (Å²) in [5.74, 6) is 1.42. The summed E-state index contributed by atoms with van der Waals surface area (Å²) in [5, 5.41) is 2.89. The third-order valence-electron chi connectivity index (χ3n) is 3.21. The standard InChI is InChI=1S/C16H16N2O3/c19-16(18-11-12-3-5-17-6-4-12)10-13-1-2-14-15(9-13)21-8-7-20-14/h1-6,9H,7-8,10-11H2,(H,18,19). The molecule has 2 heterocycles. The molecule has 0 atom stereocenters. The van der Waals surface area contributed by atoms with Crippen LogP contribution >= 0.6 is 0 Å². The van der Waals surface area contributed by atoms with Crippen LogP contribution < -0.4 is 14.8 Å². The second kappa shape index (κ2) is 6.26. The molecule has 1 N–H and O–H groups in total. The van der Waals surface area contributed by atoms with Crippen LogP contribution in [0.5, 0.6) is 11.5 Å². The molecule has 0 saturated heterocycles. The lowest BCUT2D eigenvalue weighted by Gasteiger charge is -2.18. The minimum absolute atomic E-state index is 0.0245. The number of carbonyl (C=O) groups excluding carboxylic acids is 1. The molecule has 1 aromatic carbocycles. The van der Waals surface area contributed by atoms with E-state index in [-0.39, 0.29) is 5.91 Å². The lowest BCUT2D eigenvalue weighted by atomic mass is 10.1. The Balaban J connectivity index is 1.57. The Morgan fingerprint density at radius 1 is 1.05 bits per heavy atom. The van der Waals surface area contributed by atoms with Gasteiger partial charge in [0.15, 0.2) is 11.5 Å². The average Bonchev–Trinajstić information content (AvgIpc) is 2.54. The molecule has 5 heteroatoms. The van der Waals surface area contributed by atoms with E-state index in [2.05, 4.69) is 10.3 Å². The van der Waals surface area contributed by atoms with Gasteiger partial charge < -0.3 is 14.8 Å². The lowest BCUT2D eigenvalue weighted by molar-refractivity contribution is -0.120. The van der Waals surface area contributed by atoms with Gasteiger partial charge in [0.05, 0.1) is 6.42 Å². The molecule has 1 amide bonds. The van der Waals surface area contributed by atoms with Crippen LogP contribution in [0.3, 0.4) is 0 Å². The number of aromatic nitrogens is 1. The van der Waals surface area contributed by atoms with Gasteiger partial charge in [-0.25, -0.2) is 0 Å². The van der Waals surface area contributed by atoms with Crippen LogP contribution in [-0.2, 0) is 17.8 Å². The average molecular weight is 284 g/mol. The van der Waals surface area contributed by atoms with Gasteiger partial charge in [0.2, 0.25) is 5.91 Å². The van der Waals surface area contributed by atoms with Gasteiger partial charge in [0, 0.05) is 18.9 Å². The second-order valence-corrected chi connectivity index (χ2v) is 4.79. The van der Waals surface area contributed by atoms with Crippen molar-refractivity contribution in [1.29, 1.82) is 0 Å². The number of ether oxygens (including phenoxy) is 2. The Morgan fingerprint density at radius 3 is 2.62 bits per heavy atom. The zero-order chi connectivity index (χ0) is 14.5. The van der Waals surface area contributed by atoms with Crippen molar-refractivity contribution < 1.29 is 14.3 Å². The first-order chi connectivity index (χ1) is 10.3. The van der Waals surface area contributed by atoms with Crippen LogP contribution in [0.1, 0.15) is 11.1 Å². The smallest absolute Gasteiger partial charge is 0.224 e. The Hall–Kier alpha value is -2.56. The van der Waals surface area contributed by atoms with E-state index >= 15 is 0 Å². The maximum absolute atomic E-state index is 12.0. The van der Waals surface area contributed by atoms with E-state index < -0.39 is 0 Å². The van der Waals surface area contributed by atoms with Crippen LogP contribution in [-0.4, -0.2) is 24.1 Å². The minimum Gasteiger partial charge on any atom is -0.486 e. The fourth-order valence-electron chi connectivity index (χ4n) is 2.15. The number of benzene rings is 1. The van der Waals surface area contributed by atoms with E-state index in [1.165, 1.54) is 0 Å². The molecule has 1 aromatic heterocycles. The molecule has 2 aromatic rings. The molecule has 1 aliphatic heterocycles. The van der Waals surface area contributed by atoms with Crippen LogP contribution in [0.2, 0.25) is 0 Å². The highest BCUT2D eigenvalue weighted by Gasteiger charge is 2.13. The van der Waals surface area contributed by atoms with E-state index in [1.807, 2.05) is 30.3 Å². The first kappa shape index (κ1) is 13.4. The number of hydrogen-bond donors (Lipinski definition) is 1. The van der Waals surface area contributed by atoms with Crippen molar-refractivity contribution in [2.45, 2.75) is 13.0 Å². The first-order valence-electron chi connectivity index (χ1n) is 6.85. The van der Waals surface area contributed by atoms with Gasteiger partial charge in [-0.05, 0) is 35.4 Å². The number of carbonyl (C=O) groups is 1. The molecule has 108 valence electrons. The molecule has 21 heavy (non-hydrogen) atoms. The first-order valence-corrected chi connectivity index (χ1v) is 6.85. The van der Waals surface area contributed by atoms with Gasteiger partial charge in [-0.2, -0.15) is 0 Å². The van der Waals surface area contributed by atoms with Gasteiger partial charge in [0.1, 0.15) is 13.2 Å². The Labute approximate surface area is 122 Å². The topological polar surface area (TPSA) is 60.5 Å². The lowest BCUT2D eigenvalue weighted by Crippen LogP contribution is -2.24. The molecule has 5 nitrogen and oxygen atoms in total. The molecular weight excluding hydrogens is 268 g/mol. The summed E-state index contributed by atoms with van der Waals surface area (Å²) >= 11 is 0. The number of nitrogens with one attached hydrogen (secondary N) is 1. The monoisotopic (exact) mass is 284 g/mol. The van der Waals surface area contributed by atoms with E-state index in [4.69, 9.17) is 9.47 Å². The van der Waals surface area contributed by atoms with Crippen molar-refractivity contribution in [3.8, 4) is 11.5 Å². The van der Waals surface area contributed by atoms with Crippen LogP contribution in [0.25, 0.3) is 0 Å². The fourth-order valence-corrected chi connectivity index (χ4v) is 2.15. The summed E-state index contributed by atoms with van der Waals surface area (Å²) in [7, 11) is 0. The van der Waals surface area contributed by atoms with Gasteiger partial charge >= 0.3 is 0 Å². The van der Waals surface area contributed by atoms with Crippen molar-refractivity contribution in [3.63, 3.8) is 0 Å². The third kappa shape index (κ3) is 3.51. The van der Waals surface area contributed by atoms with Crippen LogP contribution in [0.4, 0.5) is 0 Å². The Kier molecular flexibility index (Phi) is 4.00. The molecule has 3 rings (SSSR count).